The lowest BCUT2D eigenvalue weighted by molar-refractivity contribution is 0.870. The molecule has 3 aromatic rings. The highest BCUT2D eigenvalue weighted by molar-refractivity contribution is 7.11. The lowest BCUT2D eigenvalue weighted by Crippen LogP contribution is -2.05. The molecule has 0 amide bonds. The summed E-state index contributed by atoms with van der Waals surface area (Å²) in [7, 11) is 0. The Morgan fingerprint density at radius 1 is 1.11 bits per heavy atom. The minimum atomic E-state index is 0.236. The Balaban J connectivity index is 1.84. The first-order valence-corrected chi connectivity index (χ1v) is 7.22. The minimum absolute atomic E-state index is 0.236. The van der Waals surface area contributed by atoms with Crippen LogP contribution in [0.3, 0.4) is 0 Å². The summed E-state index contributed by atoms with van der Waals surface area (Å²) < 4.78 is 0. The molecule has 1 unspecified atom stereocenters. The van der Waals surface area contributed by atoms with E-state index in [1.165, 1.54) is 15.6 Å². The van der Waals surface area contributed by atoms with Gasteiger partial charge in [0, 0.05) is 16.8 Å². The van der Waals surface area contributed by atoms with Crippen molar-refractivity contribution < 1.29 is 0 Å². The molecule has 0 saturated carbocycles. The zero-order valence-corrected chi connectivity index (χ0v) is 11.9. The second kappa shape index (κ2) is 5.02. The van der Waals surface area contributed by atoms with E-state index in [1.807, 2.05) is 6.20 Å². The number of hydrogen-bond donors (Lipinski definition) is 1. The van der Waals surface area contributed by atoms with Crippen molar-refractivity contribution in [3.05, 3.63) is 58.5 Å². The van der Waals surface area contributed by atoms with Crippen LogP contribution in [0.5, 0.6) is 0 Å². The van der Waals surface area contributed by atoms with Crippen LogP contribution in [0.1, 0.15) is 22.9 Å². The van der Waals surface area contributed by atoms with Crippen LogP contribution in [0.15, 0.2) is 48.7 Å². The Bertz CT molecular complexity index is 703. The molecule has 0 aliphatic rings. The van der Waals surface area contributed by atoms with Crippen molar-refractivity contribution >= 4 is 27.8 Å². The topological polar surface area (TPSA) is 24.9 Å². The van der Waals surface area contributed by atoms with Crippen LogP contribution in [0.2, 0.25) is 0 Å². The van der Waals surface area contributed by atoms with Crippen molar-refractivity contribution in [2.24, 2.45) is 0 Å². The fourth-order valence-corrected chi connectivity index (χ4v) is 2.94. The molecule has 19 heavy (non-hydrogen) atoms. The smallest absolute Gasteiger partial charge is 0.115 e. The molecule has 0 fully saturated rings. The predicted octanol–water partition coefficient (Wildman–Crippen LogP) is 4.78. The van der Waals surface area contributed by atoms with Gasteiger partial charge in [0.1, 0.15) is 5.01 Å². The van der Waals surface area contributed by atoms with Crippen molar-refractivity contribution in [3.8, 4) is 0 Å². The van der Waals surface area contributed by atoms with Gasteiger partial charge >= 0.3 is 0 Å². The number of aryl methyl sites for hydroxylation is 1. The average Bonchev–Trinajstić information content (AvgIpc) is 2.85. The van der Waals surface area contributed by atoms with Crippen LogP contribution in [0, 0.1) is 6.92 Å². The lowest BCUT2D eigenvalue weighted by atomic mass is 10.1. The van der Waals surface area contributed by atoms with Crippen LogP contribution in [0.4, 0.5) is 5.69 Å². The van der Waals surface area contributed by atoms with Crippen molar-refractivity contribution in [1.82, 2.24) is 4.98 Å². The third-order valence-corrected chi connectivity index (χ3v) is 4.24. The molecule has 0 aliphatic carbocycles. The summed E-state index contributed by atoms with van der Waals surface area (Å²) in [4.78, 5) is 5.68. The van der Waals surface area contributed by atoms with Crippen LogP contribution in [-0.2, 0) is 0 Å². The minimum Gasteiger partial charge on any atom is -0.376 e. The van der Waals surface area contributed by atoms with Gasteiger partial charge in [0.25, 0.3) is 0 Å². The highest BCUT2D eigenvalue weighted by atomic mass is 32.1. The van der Waals surface area contributed by atoms with Gasteiger partial charge in [0.05, 0.1) is 6.04 Å². The highest BCUT2D eigenvalue weighted by Crippen LogP contribution is 2.25. The van der Waals surface area contributed by atoms with Crippen molar-refractivity contribution in [2.75, 3.05) is 5.32 Å². The molecule has 1 aromatic heterocycles. The number of nitrogens with one attached hydrogen (secondary N) is 1. The molecule has 0 aliphatic heterocycles. The Hall–Kier alpha value is -1.87. The standard InChI is InChI=1S/C16H16N2S/c1-11-10-17-16(19-11)12(2)18-15-8-7-13-5-3-4-6-14(13)9-15/h3-10,12,18H,1-2H3. The van der Waals surface area contributed by atoms with Gasteiger partial charge in [0.2, 0.25) is 0 Å². The van der Waals surface area contributed by atoms with E-state index in [0.717, 1.165) is 10.7 Å². The largest absolute Gasteiger partial charge is 0.376 e. The second-order valence-corrected chi connectivity index (χ2v) is 6.00. The Morgan fingerprint density at radius 2 is 1.89 bits per heavy atom. The average molecular weight is 268 g/mol. The van der Waals surface area contributed by atoms with Crippen LogP contribution in [0.25, 0.3) is 10.8 Å². The summed E-state index contributed by atoms with van der Waals surface area (Å²) in [6.07, 6.45) is 1.93. The number of hydrogen-bond acceptors (Lipinski definition) is 3. The first-order chi connectivity index (χ1) is 9.22. The molecule has 2 aromatic carbocycles. The van der Waals surface area contributed by atoms with Gasteiger partial charge in [-0.15, -0.1) is 11.3 Å². The molecule has 0 bridgehead atoms. The maximum atomic E-state index is 4.43. The van der Waals surface area contributed by atoms with Gasteiger partial charge in [-0.25, -0.2) is 4.98 Å². The number of benzene rings is 2. The second-order valence-electron chi connectivity index (χ2n) is 4.74. The number of fused-ring (bicyclic) bond motifs is 1. The predicted molar refractivity (Wildman–Crippen MR) is 82.8 cm³/mol. The molecule has 0 radical (unpaired) electrons. The summed E-state index contributed by atoms with van der Waals surface area (Å²) in [5.41, 5.74) is 1.14. The SMILES string of the molecule is Cc1cnc(C(C)Nc2ccc3ccccc3c2)s1. The zero-order chi connectivity index (χ0) is 13.2. The Kier molecular flexibility index (Phi) is 3.22. The first kappa shape index (κ1) is 12.2. The van der Waals surface area contributed by atoms with Crippen LogP contribution < -0.4 is 5.32 Å². The fraction of sp³-hybridized carbons (Fsp3) is 0.188. The molecule has 2 nitrogen and oxygen atoms in total. The number of anilines is 1. The molecule has 1 N–H and O–H groups in total. The molecule has 0 spiro atoms. The Labute approximate surface area is 117 Å². The molecular formula is C16H16N2S. The van der Waals surface area contributed by atoms with Gasteiger partial charge < -0.3 is 5.32 Å². The van der Waals surface area contributed by atoms with E-state index >= 15 is 0 Å². The van der Waals surface area contributed by atoms with Crippen LogP contribution >= 0.6 is 11.3 Å². The summed E-state index contributed by atoms with van der Waals surface area (Å²) >= 11 is 1.75. The third-order valence-electron chi connectivity index (χ3n) is 3.14. The monoisotopic (exact) mass is 268 g/mol. The van der Waals surface area contributed by atoms with Crippen molar-refractivity contribution in [3.63, 3.8) is 0 Å². The molecule has 3 heteroatoms. The van der Waals surface area contributed by atoms with Gasteiger partial charge in [0.15, 0.2) is 0 Å². The van der Waals surface area contributed by atoms with E-state index in [-0.39, 0.29) is 6.04 Å². The fourth-order valence-electron chi connectivity index (χ4n) is 2.16. The summed E-state index contributed by atoms with van der Waals surface area (Å²) in [5.74, 6) is 0. The summed E-state index contributed by atoms with van der Waals surface area (Å²) in [5, 5.41) is 7.17. The van der Waals surface area contributed by atoms with Crippen LogP contribution in [-0.4, -0.2) is 4.98 Å². The maximum Gasteiger partial charge on any atom is 0.115 e. The van der Waals surface area contributed by atoms with Gasteiger partial charge in [-0.1, -0.05) is 30.3 Å². The summed E-state index contributed by atoms with van der Waals surface area (Å²) in [6.45, 7) is 4.23. The maximum absolute atomic E-state index is 4.43. The molecule has 1 heterocycles. The molecule has 96 valence electrons. The van der Waals surface area contributed by atoms with Gasteiger partial charge in [-0.05, 0) is 36.8 Å². The summed E-state index contributed by atoms with van der Waals surface area (Å²) in [6, 6.07) is 15.1. The van der Waals surface area contributed by atoms with E-state index in [1.54, 1.807) is 11.3 Å². The quantitative estimate of drug-likeness (QED) is 0.739. The molecule has 0 saturated heterocycles. The normalized spacial score (nSPS) is 12.5. The number of rotatable bonds is 3. The lowest BCUT2D eigenvalue weighted by Gasteiger charge is -2.13. The van der Waals surface area contributed by atoms with Crippen molar-refractivity contribution in [1.29, 1.82) is 0 Å². The zero-order valence-electron chi connectivity index (χ0n) is 11.1. The van der Waals surface area contributed by atoms with E-state index < -0.39 is 0 Å². The number of aromatic nitrogens is 1. The molecule has 1 atom stereocenters. The van der Waals surface area contributed by atoms with E-state index in [2.05, 4.69) is 66.6 Å². The molecular weight excluding hydrogens is 252 g/mol. The first-order valence-electron chi connectivity index (χ1n) is 6.40. The number of thiazole rings is 1. The van der Waals surface area contributed by atoms with E-state index in [9.17, 15) is 0 Å². The van der Waals surface area contributed by atoms with E-state index in [0.29, 0.717) is 0 Å². The van der Waals surface area contributed by atoms with Gasteiger partial charge in [-0.3, -0.25) is 0 Å². The van der Waals surface area contributed by atoms with E-state index in [4.69, 9.17) is 0 Å². The third kappa shape index (κ3) is 2.61. The molecule has 3 rings (SSSR count). The number of nitrogens with zero attached hydrogens (tertiary/aromatic N) is 1. The van der Waals surface area contributed by atoms with Gasteiger partial charge in [-0.2, -0.15) is 0 Å². The highest BCUT2D eigenvalue weighted by Gasteiger charge is 2.09. The van der Waals surface area contributed by atoms with Crippen molar-refractivity contribution in [2.45, 2.75) is 19.9 Å². The Morgan fingerprint density at radius 3 is 2.63 bits per heavy atom.